The maximum Gasteiger partial charge on any atom is 0.335 e. The Bertz CT molecular complexity index is 417. The van der Waals surface area contributed by atoms with Crippen LogP contribution >= 0.6 is 0 Å². The number of hydrogen-bond donors (Lipinski definition) is 2. The molecule has 100 valence electrons. The lowest BCUT2D eigenvalue weighted by atomic mass is 10.1. The molecule has 0 heterocycles. The Hall–Kier alpha value is -1.95. The first kappa shape index (κ1) is 16.1. The zero-order valence-electron chi connectivity index (χ0n) is 10.8. The summed E-state index contributed by atoms with van der Waals surface area (Å²) in [5.41, 5.74) is 0.215. The molecular formula is C12H18N2O4. The first-order valence-electron chi connectivity index (χ1n) is 5.63. The van der Waals surface area contributed by atoms with Crippen LogP contribution in [0.25, 0.3) is 0 Å². The van der Waals surface area contributed by atoms with Crippen LogP contribution in [-0.4, -0.2) is 29.1 Å². The summed E-state index contributed by atoms with van der Waals surface area (Å²) in [6.45, 7) is 7.95. The Kier molecular flexibility index (Phi) is 7.30. The van der Waals surface area contributed by atoms with Crippen molar-refractivity contribution in [2.75, 3.05) is 13.1 Å². The topological polar surface area (TPSA) is 92.5 Å². The third kappa shape index (κ3) is 5.40. The lowest BCUT2D eigenvalue weighted by Crippen LogP contribution is -2.09. The first-order valence-corrected chi connectivity index (χ1v) is 5.63. The molecule has 0 unspecified atom stereocenters. The van der Waals surface area contributed by atoms with Crippen LogP contribution in [0.5, 0.6) is 0 Å². The van der Waals surface area contributed by atoms with Gasteiger partial charge in [0.2, 0.25) is 0 Å². The molecule has 0 amide bonds. The highest BCUT2D eigenvalue weighted by molar-refractivity contribution is 5.88. The van der Waals surface area contributed by atoms with Crippen LogP contribution < -0.4 is 5.32 Å². The number of aromatic carboxylic acids is 1. The van der Waals surface area contributed by atoms with E-state index in [0.717, 1.165) is 19.2 Å². The number of carbonyl (C=O) groups is 1. The summed E-state index contributed by atoms with van der Waals surface area (Å²) in [6, 6.07) is 3.81. The van der Waals surface area contributed by atoms with Gasteiger partial charge in [-0.1, -0.05) is 19.9 Å². The van der Waals surface area contributed by atoms with E-state index in [0.29, 0.717) is 5.56 Å². The van der Waals surface area contributed by atoms with Gasteiger partial charge in [-0.2, -0.15) is 0 Å². The van der Waals surface area contributed by atoms with Crippen molar-refractivity contribution in [1.82, 2.24) is 5.32 Å². The Balaban J connectivity index is 0.000000494. The summed E-state index contributed by atoms with van der Waals surface area (Å²) in [5, 5.41) is 22.1. The van der Waals surface area contributed by atoms with Gasteiger partial charge in [-0.25, -0.2) is 4.79 Å². The number of aryl methyl sites for hydroxylation is 1. The van der Waals surface area contributed by atoms with Crippen LogP contribution in [0, 0.1) is 17.0 Å². The predicted octanol–water partition coefficient (Wildman–Crippen LogP) is 2.22. The van der Waals surface area contributed by atoms with Crippen LogP contribution in [0.2, 0.25) is 0 Å². The van der Waals surface area contributed by atoms with E-state index in [2.05, 4.69) is 19.2 Å². The summed E-state index contributed by atoms with van der Waals surface area (Å²) >= 11 is 0. The van der Waals surface area contributed by atoms with Gasteiger partial charge in [-0.15, -0.1) is 0 Å². The molecule has 1 rings (SSSR count). The van der Waals surface area contributed by atoms with Gasteiger partial charge >= 0.3 is 5.97 Å². The molecule has 0 bridgehead atoms. The molecule has 0 spiro atoms. The number of carboxylic acid groups (broad SMARTS) is 1. The number of nitro groups is 1. The van der Waals surface area contributed by atoms with Crippen molar-refractivity contribution in [3.05, 3.63) is 39.4 Å². The summed E-state index contributed by atoms with van der Waals surface area (Å²) in [6.07, 6.45) is 0. The third-order valence-electron chi connectivity index (χ3n) is 2.15. The summed E-state index contributed by atoms with van der Waals surface area (Å²) in [4.78, 5) is 20.3. The van der Waals surface area contributed by atoms with Gasteiger partial charge in [0, 0.05) is 11.6 Å². The smallest absolute Gasteiger partial charge is 0.335 e. The molecule has 0 aliphatic heterocycles. The Morgan fingerprint density at radius 3 is 2.28 bits per heavy atom. The average molecular weight is 254 g/mol. The van der Waals surface area contributed by atoms with E-state index in [4.69, 9.17) is 5.11 Å². The molecule has 2 N–H and O–H groups in total. The van der Waals surface area contributed by atoms with Crippen LogP contribution in [0.15, 0.2) is 18.2 Å². The maximum atomic E-state index is 10.5. The fraction of sp³-hybridized carbons (Fsp3) is 0.417. The fourth-order valence-electron chi connectivity index (χ4n) is 1.19. The molecule has 18 heavy (non-hydrogen) atoms. The number of nitrogens with zero attached hydrogens (tertiary/aromatic N) is 1. The molecule has 1 aromatic carbocycles. The largest absolute Gasteiger partial charge is 0.478 e. The second-order valence-electron chi connectivity index (χ2n) is 3.52. The van der Waals surface area contributed by atoms with Crippen molar-refractivity contribution in [1.29, 1.82) is 0 Å². The highest BCUT2D eigenvalue weighted by atomic mass is 16.6. The van der Waals surface area contributed by atoms with E-state index in [1.165, 1.54) is 12.1 Å². The van der Waals surface area contributed by atoms with Gasteiger partial charge in [0.05, 0.1) is 10.5 Å². The molecule has 0 aromatic heterocycles. The minimum Gasteiger partial charge on any atom is -0.478 e. The molecule has 6 nitrogen and oxygen atoms in total. The number of benzene rings is 1. The molecule has 0 atom stereocenters. The number of hydrogen-bond acceptors (Lipinski definition) is 4. The van der Waals surface area contributed by atoms with Crippen LogP contribution in [0.1, 0.15) is 29.8 Å². The molecule has 0 radical (unpaired) electrons. The van der Waals surface area contributed by atoms with E-state index in [-0.39, 0.29) is 11.3 Å². The van der Waals surface area contributed by atoms with E-state index in [1.54, 1.807) is 6.92 Å². The SMILES string of the molecule is CCNCC.Cc1ccc(C(=O)O)cc1[N+](=O)[O-]. The zero-order chi connectivity index (χ0) is 14.1. The lowest BCUT2D eigenvalue weighted by molar-refractivity contribution is -0.385. The number of nitro benzene ring substituents is 1. The highest BCUT2D eigenvalue weighted by Gasteiger charge is 2.13. The second-order valence-corrected chi connectivity index (χ2v) is 3.52. The molecule has 1 aromatic rings. The van der Waals surface area contributed by atoms with Gasteiger partial charge in [0.1, 0.15) is 0 Å². The molecule has 0 aliphatic carbocycles. The quantitative estimate of drug-likeness (QED) is 0.634. The predicted molar refractivity (Wildman–Crippen MR) is 69.0 cm³/mol. The van der Waals surface area contributed by atoms with Crippen molar-refractivity contribution in [2.24, 2.45) is 0 Å². The van der Waals surface area contributed by atoms with Crippen molar-refractivity contribution in [3.8, 4) is 0 Å². The Morgan fingerprint density at radius 1 is 1.39 bits per heavy atom. The summed E-state index contributed by atoms with van der Waals surface area (Å²) in [7, 11) is 0. The van der Waals surface area contributed by atoms with E-state index >= 15 is 0 Å². The lowest BCUT2D eigenvalue weighted by Gasteiger charge is -1.97. The van der Waals surface area contributed by atoms with Gasteiger partial charge < -0.3 is 10.4 Å². The minimum absolute atomic E-state index is 0.0719. The molecule has 6 heteroatoms. The van der Waals surface area contributed by atoms with Crippen molar-refractivity contribution >= 4 is 11.7 Å². The zero-order valence-corrected chi connectivity index (χ0v) is 10.8. The van der Waals surface area contributed by atoms with Gasteiger partial charge in [0.15, 0.2) is 0 Å². The summed E-state index contributed by atoms with van der Waals surface area (Å²) < 4.78 is 0. The number of nitrogens with one attached hydrogen (secondary N) is 1. The van der Waals surface area contributed by atoms with Gasteiger partial charge in [0.25, 0.3) is 5.69 Å². The third-order valence-corrected chi connectivity index (χ3v) is 2.15. The molecule has 0 aliphatic rings. The van der Waals surface area contributed by atoms with Crippen molar-refractivity contribution in [3.63, 3.8) is 0 Å². The first-order chi connectivity index (χ1) is 8.43. The number of carboxylic acids is 1. The molecule has 0 saturated carbocycles. The van der Waals surface area contributed by atoms with Crippen LogP contribution in [-0.2, 0) is 0 Å². The van der Waals surface area contributed by atoms with Crippen molar-refractivity contribution in [2.45, 2.75) is 20.8 Å². The fourth-order valence-corrected chi connectivity index (χ4v) is 1.19. The summed E-state index contributed by atoms with van der Waals surface area (Å²) in [5.74, 6) is -1.16. The van der Waals surface area contributed by atoms with Crippen LogP contribution in [0.3, 0.4) is 0 Å². The van der Waals surface area contributed by atoms with E-state index in [1.807, 2.05) is 0 Å². The Morgan fingerprint density at radius 2 is 1.94 bits per heavy atom. The maximum absolute atomic E-state index is 10.5. The standard InChI is InChI=1S/C8H7NO4.C4H11N/c1-5-2-3-6(8(10)11)4-7(5)9(12)13;1-3-5-4-2/h2-4H,1H3,(H,10,11);5H,3-4H2,1-2H3. The Labute approximate surface area is 106 Å². The van der Waals surface area contributed by atoms with E-state index < -0.39 is 10.9 Å². The monoisotopic (exact) mass is 254 g/mol. The second kappa shape index (κ2) is 8.19. The van der Waals surface area contributed by atoms with Crippen molar-refractivity contribution < 1.29 is 14.8 Å². The molecule has 0 saturated heterocycles. The minimum atomic E-state index is -1.16. The van der Waals surface area contributed by atoms with E-state index in [9.17, 15) is 14.9 Å². The van der Waals surface area contributed by atoms with Gasteiger partial charge in [-0.3, -0.25) is 10.1 Å². The average Bonchev–Trinajstić information content (AvgIpc) is 2.30. The molecular weight excluding hydrogens is 236 g/mol. The van der Waals surface area contributed by atoms with Gasteiger partial charge in [-0.05, 0) is 26.1 Å². The molecule has 0 fully saturated rings. The normalized spacial score (nSPS) is 9.28. The highest BCUT2D eigenvalue weighted by Crippen LogP contribution is 2.18. The number of rotatable bonds is 4. The van der Waals surface area contributed by atoms with Crippen LogP contribution in [0.4, 0.5) is 5.69 Å².